The number of anilines is 3. The monoisotopic (exact) mass is 428 g/mol. The molecular formula is C25H28N6O. The van der Waals surface area contributed by atoms with Gasteiger partial charge in [0.05, 0.1) is 29.9 Å². The van der Waals surface area contributed by atoms with E-state index in [9.17, 15) is 5.26 Å². The summed E-state index contributed by atoms with van der Waals surface area (Å²) in [6.45, 7) is 3.46. The van der Waals surface area contributed by atoms with Crippen LogP contribution in [0.3, 0.4) is 0 Å². The van der Waals surface area contributed by atoms with Crippen LogP contribution in [0.2, 0.25) is 0 Å². The maximum atomic E-state index is 9.18. The molecule has 1 aliphatic heterocycles. The molecule has 0 unspecified atom stereocenters. The third kappa shape index (κ3) is 3.77. The molecule has 0 amide bonds. The largest absolute Gasteiger partial charge is 0.495 e. The van der Waals surface area contributed by atoms with Gasteiger partial charge in [-0.05, 0) is 43.2 Å². The Balaban J connectivity index is 1.44. The molecule has 5 rings (SSSR count). The Bertz CT molecular complexity index is 1190. The van der Waals surface area contributed by atoms with Gasteiger partial charge in [0.2, 0.25) is 0 Å². The normalized spacial score (nSPS) is 16.2. The van der Waals surface area contributed by atoms with Crippen LogP contribution in [0.15, 0.2) is 36.4 Å². The van der Waals surface area contributed by atoms with E-state index in [2.05, 4.69) is 53.1 Å². The smallest absolute Gasteiger partial charge is 0.143 e. The van der Waals surface area contributed by atoms with Crippen LogP contribution in [0.4, 0.5) is 17.2 Å². The number of fused-ring (bicyclic) bond motifs is 1. The summed E-state index contributed by atoms with van der Waals surface area (Å²) < 4.78 is 5.56. The third-order valence-corrected chi connectivity index (χ3v) is 6.36. The summed E-state index contributed by atoms with van der Waals surface area (Å²) in [7, 11) is 5.78. The van der Waals surface area contributed by atoms with Crippen molar-refractivity contribution in [2.45, 2.75) is 18.8 Å². The van der Waals surface area contributed by atoms with E-state index >= 15 is 0 Å². The predicted molar refractivity (Wildman–Crippen MR) is 128 cm³/mol. The standard InChI is InChI=1S/C25H28N6O/c1-29(2)19-7-8-21-20(15-19)25(28-24(27-21)18-5-6-18)31-12-10-30(11-13-31)22-9-4-17(16-26)14-23(22)32-3/h4,7-9,14-15,18H,5-6,10-13H2,1-3H3. The highest BCUT2D eigenvalue weighted by atomic mass is 16.5. The van der Waals surface area contributed by atoms with Crippen molar-refractivity contribution in [3.05, 3.63) is 47.8 Å². The number of hydrogen-bond acceptors (Lipinski definition) is 7. The molecule has 0 spiro atoms. The first-order valence-corrected chi connectivity index (χ1v) is 11.1. The fraction of sp³-hybridized carbons (Fsp3) is 0.400. The molecule has 1 saturated carbocycles. The van der Waals surface area contributed by atoms with Gasteiger partial charge in [0.15, 0.2) is 0 Å². The average molecular weight is 429 g/mol. The Morgan fingerprint density at radius 1 is 1.00 bits per heavy atom. The highest BCUT2D eigenvalue weighted by molar-refractivity contribution is 5.92. The average Bonchev–Trinajstić information content (AvgIpc) is 3.68. The Hall–Kier alpha value is -3.53. The molecule has 1 saturated heterocycles. The first-order chi connectivity index (χ1) is 15.6. The molecule has 2 heterocycles. The van der Waals surface area contributed by atoms with Crippen LogP contribution in [0.5, 0.6) is 5.75 Å². The van der Waals surface area contributed by atoms with Gasteiger partial charge in [-0.25, -0.2) is 9.97 Å². The number of methoxy groups -OCH3 is 1. The minimum absolute atomic E-state index is 0.510. The topological polar surface area (TPSA) is 68.5 Å². The zero-order valence-corrected chi connectivity index (χ0v) is 18.9. The summed E-state index contributed by atoms with van der Waals surface area (Å²) in [5, 5.41) is 10.3. The maximum Gasteiger partial charge on any atom is 0.143 e. The minimum atomic E-state index is 0.510. The minimum Gasteiger partial charge on any atom is -0.495 e. The number of ether oxygens (including phenoxy) is 1. The second kappa shape index (κ2) is 8.19. The van der Waals surface area contributed by atoms with Crippen molar-refractivity contribution in [3.63, 3.8) is 0 Å². The number of piperazine rings is 1. The van der Waals surface area contributed by atoms with Crippen molar-refractivity contribution in [2.75, 3.05) is 62.1 Å². The Labute approximate surface area is 188 Å². The maximum absolute atomic E-state index is 9.18. The lowest BCUT2D eigenvalue weighted by molar-refractivity contribution is 0.413. The summed E-state index contributed by atoms with van der Waals surface area (Å²) in [4.78, 5) is 16.8. The van der Waals surface area contributed by atoms with Gasteiger partial charge in [-0.3, -0.25) is 0 Å². The molecule has 2 aliphatic rings. The van der Waals surface area contributed by atoms with E-state index in [4.69, 9.17) is 14.7 Å². The SMILES string of the molecule is COc1cc(C#N)ccc1N1CCN(c2nc(C3CC3)nc3ccc(N(C)C)cc23)CC1. The zero-order valence-electron chi connectivity index (χ0n) is 18.9. The van der Waals surface area contributed by atoms with E-state index < -0.39 is 0 Å². The summed E-state index contributed by atoms with van der Waals surface area (Å²) in [6.07, 6.45) is 2.37. The Morgan fingerprint density at radius 3 is 2.41 bits per heavy atom. The second-order valence-electron chi connectivity index (χ2n) is 8.75. The summed E-state index contributed by atoms with van der Waals surface area (Å²) >= 11 is 0. The highest BCUT2D eigenvalue weighted by Crippen LogP contribution is 2.40. The zero-order chi connectivity index (χ0) is 22.2. The molecule has 7 nitrogen and oxygen atoms in total. The van der Waals surface area contributed by atoms with Crippen molar-refractivity contribution < 1.29 is 4.74 Å². The number of hydrogen-bond donors (Lipinski definition) is 0. The summed E-state index contributed by atoms with van der Waals surface area (Å²) in [5.41, 5.74) is 3.83. The van der Waals surface area contributed by atoms with Crippen LogP contribution in [0, 0.1) is 11.3 Å². The Morgan fingerprint density at radius 2 is 1.75 bits per heavy atom. The van der Waals surface area contributed by atoms with E-state index in [0.717, 1.165) is 65.8 Å². The van der Waals surface area contributed by atoms with E-state index in [1.807, 2.05) is 18.2 Å². The molecule has 2 fully saturated rings. The molecule has 7 heteroatoms. The number of nitriles is 1. The molecule has 1 aliphatic carbocycles. The highest BCUT2D eigenvalue weighted by Gasteiger charge is 2.29. The summed E-state index contributed by atoms with van der Waals surface area (Å²) in [6, 6.07) is 14.3. The lowest BCUT2D eigenvalue weighted by atomic mass is 10.1. The van der Waals surface area contributed by atoms with Crippen molar-refractivity contribution >= 4 is 28.1 Å². The quantitative estimate of drug-likeness (QED) is 0.613. The van der Waals surface area contributed by atoms with Crippen LogP contribution < -0.4 is 19.4 Å². The molecule has 0 atom stereocenters. The van der Waals surface area contributed by atoms with Crippen LogP contribution in [0.25, 0.3) is 10.9 Å². The van der Waals surface area contributed by atoms with Gasteiger partial charge >= 0.3 is 0 Å². The molecule has 3 aromatic rings. The van der Waals surface area contributed by atoms with Crippen molar-refractivity contribution in [1.82, 2.24) is 9.97 Å². The molecule has 164 valence electrons. The lowest BCUT2D eigenvalue weighted by Crippen LogP contribution is -2.47. The van der Waals surface area contributed by atoms with Gasteiger partial charge in [-0.2, -0.15) is 5.26 Å². The molecule has 0 N–H and O–H groups in total. The van der Waals surface area contributed by atoms with Crippen LogP contribution in [-0.2, 0) is 0 Å². The molecule has 32 heavy (non-hydrogen) atoms. The van der Waals surface area contributed by atoms with E-state index in [1.54, 1.807) is 7.11 Å². The van der Waals surface area contributed by atoms with Gasteiger partial charge < -0.3 is 19.4 Å². The molecule has 0 radical (unpaired) electrons. The lowest BCUT2D eigenvalue weighted by Gasteiger charge is -2.37. The number of rotatable bonds is 5. The van der Waals surface area contributed by atoms with Crippen molar-refractivity contribution in [3.8, 4) is 11.8 Å². The molecule has 0 bridgehead atoms. The molecule has 1 aromatic heterocycles. The van der Waals surface area contributed by atoms with Gasteiger partial charge in [-0.1, -0.05) is 0 Å². The van der Waals surface area contributed by atoms with Gasteiger partial charge in [0.1, 0.15) is 17.4 Å². The van der Waals surface area contributed by atoms with Crippen LogP contribution in [0.1, 0.15) is 30.1 Å². The van der Waals surface area contributed by atoms with Crippen molar-refractivity contribution in [1.29, 1.82) is 5.26 Å². The third-order valence-electron chi connectivity index (χ3n) is 6.36. The molecule has 2 aromatic carbocycles. The van der Waals surface area contributed by atoms with E-state index in [0.29, 0.717) is 11.5 Å². The first-order valence-electron chi connectivity index (χ1n) is 11.1. The summed E-state index contributed by atoms with van der Waals surface area (Å²) in [5.74, 6) is 3.29. The predicted octanol–water partition coefficient (Wildman–Crippen LogP) is 3.78. The fourth-order valence-electron chi connectivity index (χ4n) is 4.33. The van der Waals surface area contributed by atoms with E-state index in [1.165, 1.54) is 12.8 Å². The number of aromatic nitrogens is 2. The second-order valence-corrected chi connectivity index (χ2v) is 8.75. The first kappa shape index (κ1) is 20.4. The van der Waals surface area contributed by atoms with Gasteiger partial charge in [0.25, 0.3) is 0 Å². The van der Waals surface area contributed by atoms with Gasteiger partial charge in [0, 0.05) is 63.3 Å². The van der Waals surface area contributed by atoms with Crippen LogP contribution in [-0.4, -0.2) is 57.4 Å². The number of nitrogens with zero attached hydrogens (tertiary/aromatic N) is 6. The Kier molecular flexibility index (Phi) is 5.22. The molecular weight excluding hydrogens is 400 g/mol. The number of benzene rings is 2. The van der Waals surface area contributed by atoms with E-state index in [-0.39, 0.29) is 0 Å². The van der Waals surface area contributed by atoms with Gasteiger partial charge in [-0.15, -0.1) is 0 Å². The fourth-order valence-corrected chi connectivity index (χ4v) is 4.33. The van der Waals surface area contributed by atoms with Crippen LogP contribution >= 0.6 is 0 Å². The van der Waals surface area contributed by atoms with Crippen molar-refractivity contribution in [2.24, 2.45) is 0 Å².